The van der Waals surface area contributed by atoms with Crippen LogP contribution in [-0.4, -0.2) is 13.7 Å². The van der Waals surface area contributed by atoms with Crippen LogP contribution < -0.4 is 10.1 Å². The number of benzene rings is 2. The normalized spacial score (nSPS) is 10.6. The SMILES string of the molecule is CCNCc1ccc(Cl)cc1-c1ccc(OC)cc1C. The average Bonchev–Trinajstić information content (AvgIpc) is 2.46. The maximum Gasteiger partial charge on any atom is 0.119 e. The number of rotatable bonds is 5. The molecular formula is C17H20ClNO. The van der Waals surface area contributed by atoms with Crippen LogP contribution in [0.5, 0.6) is 5.75 Å². The number of nitrogens with one attached hydrogen (secondary N) is 1. The summed E-state index contributed by atoms with van der Waals surface area (Å²) >= 11 is 6.17. The first-order chi connectivity index (χ1) is 9.65. The first-order valence-electron chi connectivity index (χ1n) is 6.80. The van der Waals surface area contributed by atoms with Crippen molar-refractivity contribution in [1.29, 1.82) is 0 Å². The van der Waals surface area contributed by atoms with Crippen molar-refractivity contribution in [3.8, 4) is 16.9 Å². The van der Waals surface area contributed by atoms with Gasteiger partial charge in [-0.2, -0.15) is 0 Å². The summed E-state index contributed by atoms with van der Waals surface area (Å²) in [4.78, 5) is 0. The van der Waals surface area contributed by atoms with Gasteiger partial charge in [0, 0.05) is 11.6 Å². The lowest BCUT2D eigenvalue weighted by Gasteiger charge is -2.14. The topological polar surface area (TPSA) is 21.3 Å². The van der Waals surface area contributed by atoms with E-state index in [0.29, 0.717) is 0 Å². The number of aryl methyl sites for hydroxylation is 1. The minimum atomic E-state index is 0.760. The zero-order valence-electron chi connectivity index (χ0n) is 12.2. The monoisotopic (exact) mass is 289 g/mol. The molecule has 0 unspecified atom stereocenters. The fourth-order valence-corrected chi connectivity index (χ4v) is 2.45. The predicted molar refractivity (Wildman–Crippen MR) is 85.6 cm³/mol. The van der Waals surface area contributed by atoms with E-state index in [4.69, 9.17) is 16.3 Å². The summed E-state index contributed by atoms with van der Waals surface area (Å²) in [7, 11) is 1.68. The molecule has 0 aliphatic carbocycles. The van der Waals surface area contributed by atoms with Gasteiger partial charge >= 0.3 is 0 Å². The van der Waals surface area contributed by atoms with Crippen LogP contribution in [0.2, 0.25) is 5.02 Å². The third-order valence-electron chi connectivity index (χ3n) is 3.36. The third-order valence-corrected chi connectivity index (χ3v) is 3.60. The minimum Gasteiger partial charge on any atom is -0.497 e. The highest BCUT2D eigenvalue weighted by molar-refractivity contribution is 6.30. The minimum absolute atomic E-state index is 0.760. The van der Waals surface area contributed by atoms with Gasteiger partial charge in [-0.25, -0.2) is 0 Å². The van der Waals surface area contributed by atoms with Crippen LogP contribution in [0.4, 0.5) is 0 Å². The molecule has 106 valence electrons. The Morgan fingerprint density at radius 1 is 1.10 bits per heavy atom. The molecule has 0 bridgehead atoms. The van der Waals surface area contributed by atoms with E-state index in [9.17, 15) is 0 Å². The maximum absolute atomic E-state index is 6.17. The van der Waals surface area contributed by atoms with E-state index in [1.54, 1.807) is 7.11 Å². The molecule has 0 saturated heterocycles. The molecule has 3 heteroatoms. The van der Waals surface area contributed by atoms with E-state index in [1.807, 2.05) is 24.3 Å². The van der Waals surface area contributed by atoms with Crippen LogP contribution in [-0.2, 0) is 6.54 Å². The molecule has 0 atom stereocenters. The molecule has 0 saturated carbocycles. The van der Waals surface area contributed by atoms with E-state index in [0.717, 1.165) is 23.9 Å². The highest BCUT2D eigenvalue weighted by atomic mass is 35.5. The molecule has 2 aromatic rings. The summed E-state index contributed by atoms with van der Waals surface area (Å²) in [6.45, 7) is 5.99. The van der Waals surface area contributed by atoms with Gasteiger partial charge in [0.2, 0.25) is 0 Å². The quantitative estimate of drug-likeness (QED) is 0.879. The van der Waals surface area contributed by atoms with Crippen molar-refractivity contribution in [2.45, 2.75) is 20.4 Å². The molecule has 0 amide bonds. The number of hydrogen-bond acceptors (Lipinski definition) is 2. The average molecular weight is 290 g/mol. The maximum atomic E-state index is 6.17. The zero-order chi connectivity index (χ0) is 14.5. The van der Waals surface area contributed by atoms with Crippen LogP contribution in [0.1, 0.15) is 18.1 Å². The van der Waals surface area contributed by atoms with Crippen molar-refractivity contribution in [3.63, 3.8) is 0 Å². The van der Waals surface area contributed by atoms with Crippen molar-refractivity contribution in [2.24, 2.45) is 0 Å². The summed E-state index contributed by atoms with van der Waals surface area (Å²) in [6, 6.07) is 12.2. The summed E-state index contributed by atoms with van der Waals surface area (Å²) in [6.07, 6.45) is 0. The summed E-state index contributed by atoms with van der Waals surface area (Å²) in [5.74, 6) is 0.876. The number of ether oxygens (including phenoxy) is 1. The highest BCUT2D eigenvalue weighted by Crippen LogP contribution is 2.31. The van der Waals surface area contributed by atoms with Crippen LogP contribution in [0.3, 0.4) is 0 Å². The Morgan fingerprint density at radius 2 is 1.90 bits per heavy atom. The van der Waals surface area contributed by atoms with Crippen LogP contribution in [0, 0.1) is 6.92 Å². The lowest BCUT2D eigenvalue weighted by atomic mass is 9.95. The molecular weight excluding hydrogens is 270 g/mol. The smallest absolute Gasteiger partial charge is 0.119 e. The molecule has 1 N–H and O–H groups in total. The molecule has 0 heterocycles. The van der Waals surface area contributed by atoms with E-state index >= 15 is 0 Å². The lowest BCUT2D eigenvalue weighted by Crippen LogP contribution is -2.12. The lowest BCUT2D eigenvalue weighted by molar-refractivity contribution is 0.414. The molecule has 0 aliphatic heterocycles. The Morgan fingerprint density at radius 3 is 2.55 bits per heavy atom. The summed E-state index contributed by atoms with van der Waals surface area (Å²) < 4.78 is 5.27. The number of methoxy groups -OCH3 is 1. The van der Waals surface area contributed by atoms with Crippen LogP contribution in [0.15, 0.2) is 36.4 Å². The highest BCUT2D eigenvalue weighted by Gasteiger charge is 2.09. The fraction of sp³-hybridized carbons (Fsp3) is 0.294. The third kappa shape index (κ3) is 3.33. The first-order valence-corrected chi connectivity index (χ1v) is 7.17. The molecule has 0 aliphatic rings. The van der Waals surface area contributed by atoms with Gasteiger partial charge in [0.05, 0.1) is 7.11 Å². The van der Waals surface area contributed by atoms with Gasteiger partial charge in [0.15, 0.2) is 0 Å². The molecule has 0 radical (unpaired) electrons. The van der Waals surface area contributed by atoms with Gasteiger partial charge in [0.25, 0.3) is 0 Å². The van der Waals surface area contributed by atoms with Crippen molar-refractivity contribution in [3.05, 3.63) is 52.5 Å². The predicted octanol–water partition coefficient (Wildman–Crippen LogP) is 4.43. The van der Waals surface area contributed by atoms with Crippen LogP contribution in [0.25, 0.3) is 11.1 Å². The van der Waals surface area contributed by atoms with Crippen molar-refractivity contribution in [1.82, 2.24) is 5.32 Å². The molecule has 0 spiro atoms. The van der Waals surface area contributed by atoms with Crippen molar-refractivity contribution >= 4 is 11.6 Å². The van der Waals surface area contributed by atoms with E-state index in [-0.39, 0.29) is 0 Å². The van der Waals surface area contributed by atoms with E-state index in [2.05, 4.69) is 31.3 Å². The Bertz CT molecular complexity index is 596. The van der Waals surface area contributed by atoms with Crippen molar-refractivity contribution < 1.29 is 4.74 Å². The molecule has 2 aromatic carbocycles. The summed E-state index contributed by atoms with van der Waals surface area (Å²) in [5, 5.41) is 4.13. The second-order valence-corrected chi connectivity index (χ2v) is 5.20. The molecule has 2 nitrogen and oxygen atoms in total. The van der Waals surface area contributed by atoms with Gasteiger partial charge in [-0.15, -0.1) is 0 Å². The van der Waals surface area contributed by atoms with Crippen molar-refractivity contribution in [2.75, 3.05) is 13.7 Å². The first kappa shape index (κ1) is 14.9. The molecule has 0 aromatic heterocycles. The Hall–Kier alpha value is -1.51. The standard InChI is InChI=1S/C17H20ClNO/c1-4-19-11-13-5-6-14(18)10-17(13)16-8-7-15(20-3)9-12(16)2/h5-10,19H,4,11H2,1-3H3. The molecule has 20 heavy (non-hydrogen) atoms. The molecule has 2 rings (SSSR count). The van der Waals surface area contributed by atoms with Gasteiger partial charge in [-0.1, -0.05) is 30.7 Å². The van der Waals surface area contributed by atoms with Gasteiger partial charge in [0.1, 0.15) is 5.75 Å². The second kappa shape index (κ2) is 6.78. The van der Waals surface area contributed by atoms with Crippen LogP contribution >= 0.6 is 11.6 Å². The van der Waals surface area contributed by atoms with Gasteiger partial charge in [-0.05, 0) is 60.0 Å². The second-order valence-electron chi connectivity index (χ2n) is 4.76. The van der Waals surface area contributed by atoms with E-state index in [1.165, 1.54) is 22.3 Å². The summed E-state index contributed by atoms with van der Waals surface area (Å²) in [5.41, 5.74) is 4.81. The number of hydrogen-bond donors (Lipinski definition) is 1. The van der Waals surface area contributed by atoms with Gasteiger partial charge < -0.3 is 10.1 Å². The zero-order valence-corrected chi connectivity index (χ0v) is 12.9. The van der Waals surface area contributed by atoms with Gasteiger partial charge in [-0.3, -0.25) is 0 Å². The Labute approximate surface area is 125 Å². The Balaban J connectivity index is 2.47. The van der Waals surface area contributed by atoms with E-state index < -0.39 is 0 Å². The molecule has 0 fully saturated rings. The number of halogens is 1. The Kier molecular flexibility index (Phi) is 5.05. The fourth-order valence-electron chi connectivity index (χ4n) is 2.28. The largest absolute Gasteiger partial charge is 0.497 e.